The minimum Gasteiger partial charge on any atom is -0.275 e. The SMILES string of the molecule is CO[n+]1cccc(C#N)c1.[O-][Cl+3]([O-])([O-])[O-]. The molecule has 1 heterocycles. The molecule has 1 aromatic rings. The number of hydrogen-bond donors (Lipinski definition) is 0. The predicted octanol–water partition coefficient (Wildman–Crippen LogP) is -4.85. The van der Waals surface area contributed by atoms with Gasteiger partial charge in [0, 0.05) is 10.8 Å². The van der Waals surface area contributed by atoms with Crippen LogP contribution >= 0.6 is 0 Å². The van der Waals surface area contributed by atoms with Crippen LogP contribution in [0.25, 0.3) is 0 Å². The van der Waals surface area contributed by atoms with Crippen molar-refractivity contribution >= 4 is 0 Å². The zero-order valence-corrected chi connectivity index (χ0v) is 8.38. The van der Waals surface area contributed by atoms with E-state index in [1.54, 1.807) is 31.6 Å². The molecule has 8 heteroatoms. The van der Waals surface area contributed by atoms with Crippen LogP contribution in [0, 0.1) is 21.6 Å². The van der Waals surface area contributed by atoms with E-state index in [4.69, 9.17) is 28.7 Å². The van der Waals surface area contributed by atoms with E-state index in [2.05, 4.69) is 0 Å². The van der Waals surface area contributed by atoms with Crippen LogP contribution in [0.2, 0.25) is 0 Å². The number of nitrogens with zero attached hydrogens (tertiary/aromatic N) is 2. The first-order valence-corrected chi connectivity index (χ1v) is 4.68. The molecule has 0 spiro atoms. The molecule has 0 aliphatic rings. The third-order valence-electron chi connectivity index (χ3n) is 1.12. The molecule has 15 heavy (non-hydrogen) atoms. The summed E-state index contributed by atoms with van der Waals surface area (Å²) in [6.45, 7) is 0. The summed E-state index contributed by atoms with van der Waals surface area (Å²) in [5, 5.41) is 8.44. The van der Waals surface area contributed by atoms with E-state index in [-0.39, 0.29) is 0 Å². The molecule has 0 aliphatic heterocycles. The molecule has 82 valence electrons. The zero-order valence-electron chi connectivity index (χ0n) is 7.62. The van der Waals surface area contributed by atoms with Gasteiger partial charge in [0.1, 0.15) is 18.7 Å². The summed E-state index contributed by atoms with van der Waals surface area (Å²) < 4.78 is 35.4. The van der Waals surface area contributed by atoms with Crippen LogP contribution in [0.15, 0.2) is 24.5 Å². The molecule has 0 amide bonds. The molecular formula is C7H7ClN2O5. The maximum Gasteiger partial charge on any atom is 0.240 e. The van der Waals surface area contributed by atoms with Crippen molar-refractivity contribution in [3.05, 3.63) is 30.1 Å². The molecule has 0 N–H and O–H groups in total. The Bertz CT molecular complexity index is 340. The average Bonchev–Trinajstić information content (AvgIpc) is 2.15. The molecule has 0 bridgehead atoms. The number of halogens is 1. The Morgan fingerprint density at radius 3 is 2.33 bits per heavy atom. The summed E-state index contributed by atoms with van der Waals surface area (Å²) in [6, 6.07) is 5.47. The van der Waals surface area contributed by atoms with Crippen molar-refractivity contribution in [1.29, 1.82) is 5.26 Å². The summed E-state index contributed by atoms with van der Waals surface area (Å²) in [5.74, 6) is 0. The quantitative estimate of drug-likeness (QED) is 0.448. The highest BCUT2D eigenvalue weighted by Gasteiger charge is 1.98. The van der Waals surface area contributed by atoms with Gasteiger partial charge in [-0.15, -0.1) is 10.2 Å². The largest absolute Gasteiger partial charge is 0.275 e. The van der Waals surface area contributed by atoms with Gasteiger partial charge >= 0.3 is 0 Å². The molecule has 0 aliphatic carbocycles. The third kappa shape index (κ3) is 8.89. The van der Waals surface area contributed by atoms with Gasteiger partial charge in [-0.25, -0.2) is 18.6 Å². The van der Waals surface area contributed by atoms with Crippen LogP contribution in [0.1, 0.15) is 5.56 Å². The lowest BCUT2D eigenvalue weighted by Crippen LogP contribution is -2.68. The van der Waals surface area contributed by atoms with Crippen molar-refractivity contribution < 1.29 is 38.4 Å². The summed E-state index contributed by atoms with van der Waals surface area (Å²) in [5.41, 5.74) is 0.587. The second-order valence-electron chi connectivity index (χ2n) is 2.12. The van der Waals surface area contributed by atoms with Gasteiger partial charge in [0.05, 0.1) is 0 Å². The minimum absolute atomic E-state index is 0.587. The van der Waals surface area contributed by atoms with Crippen molar-refractivity contribution in [1.82, 2.24) is 0 Å². The highest BCUT2D eigenvalue weighted by atomic mass is 35.7. The standard InChI is InChI=1S/C7H7N2O.ClHO4/c1-10-9-4-2-3-7(5-8)6-9;2-1(3,4)5/h2-4,6H,1H3;(H,2,3,4,5)/q+1;/p-1. The van der Waals surface area contributed by atoms with Crippen molar-refractivity contribution in [3.63, 3.8) is 0 Å². The van der Waals surface area contributed by atoms with Gasteiger partial charge < -0.3 is 0 Å². The van der Waals surface area contributed by atoms with E-state index < -0.39 is 10.2 Å². The smallest absolute Gasteiger partial charge is 0.240 e. The second-order valence-corrected chi connectivity index (χ2v) is 2.88. The number of pyridine rings is 1. The van der Waals surface area contributed by atoms with Crippen molar-refractivity contribution in [3.8, 4) is 6.07 Å². The van der Waals surface area contributed by atoms with Crippen molar-refractivity contribution in [2.45, 2.75) is 0 Å². The van der Waals surface area contributed by atoms with E-state index in [1.165, 1.54) is 4.73 Å². The fourth-order valence-corrected chi connectivity index (χ4v) is 0.634. The lowest BCUT2D eigenvalue weighted by Gasteiger charge is -2.17. The fourth-order valence-electron chi connectivity index (χ4n) is 0.634. The normalized spacial score (nSPS) is 9.60. The Hall–Kier alpha value is -1.43. The Labute approximate surface area is 87.7 Å². The van der Waals surface area contributed by atoms with Crippen LogP contribution < -0.4 is 28.2 Å². The predicted molar refractivity (Wildman–Crippen MR) is 33.9 cm³/mol. The molecule has 1 rings (SSSR count). The van der Waals surface area contributed by atoms with Crippen LogP contribution in [-0.2, 0) is 0 Å². The van der Waals surface area contributed by atoms with Gasteiger partial charge in [0.2, 0.25) is 12.4 Å². The van der Waals surface area contributed by atoms with E-state index in [1.807, 2.05) is 6.07 Å². The van der Waals surface area contributed by atoms with Crippen LogP contribution in [0.3, 0.4) is 0 Å². The van der Waals surface area contributed by atoms with Crippen molar-refractivity contribution in [2.75, 3.05) is 7.11 Å². The summed E-state index contributed by atoms with van der Waals surface area (Å²) >= 11 is 0. The number of aromatic nitrogens is 1. The molecule has 0 fully saturated rings. The minimum atomic E-state index is -4.94. The van der Waals surface area contributed by atoms with E-state index in [0.717, 1.165) is 0 Å². The number of nitriles is 1. The maximum absolute atomic E-state index is 8.49. The highest BCUT2D eigenvalue weighted by Crippen LogP contribution is 1.88. The number of hydrogen-bond acceptors (Lipinski definition) is 6. The molecule has 7 nitrogen and oxygen atoms in total. The van der Waals surface area contributed by atoms with Crippen LogP contribution in [0.4, 0.5) is 0 Å². The summed E-state index contributed by atoms with van der Waals surface area (Å²) in [6.07, 6.45) is 3.33. The Morgan fingerprint density at radius 1 is 1.40 bits per heavy atom. The Kier molecular flexibility index (Phi) is 5.54. The fraction of sp³-hybridized carbons (Fsp3) is 0.143. The van der Waals surface area contributed by atoms with Crippen LogP contribution in [-0.4, -0.2) is 7.11 Å². The first-order valence-electron chi connectivity index (χ1n) is 3.44. The van der Waals surface area contributed by atoms with Gasteiger partial charge in [0.25, 0.3) is 0 Å². The molecule has 0 saturated carbocycles. The van der Waals surface area contributed by atoms with Gasteiger partial charge in [-0.05, 0) is 6.07 Å². The highest BCUT2D eigenvalue weighted by molar-refractivity contribution is 5.21. The van der Waals surface area contributed by atoms with Crippen molar-refractivity contribution in [2.24, 2.45) is 0 Å². The van der Waals surface area contributed by atoms with Gasteiger partial charge in [-0.1, -0.05) is 0 Å². The topological polar surface area (TPSA) is 129 Å². The molecule has 1 aromatic heterocycles. The molecule has 0 saturated heterocycles. The lowest BCUT2D eigenvalue weighted by atomic mass is 10.3. The average molecular weight is 235 g/mol. The third-order valence-corrected chi connectivity index (χ3v) is 1.12. The van der Waals surface area contributed by atoms with Crippen LogP contribution in [0.5, 0.6) is 0 Å². The molecule has 0 atom stereocenters. The summed E-state index contributed by atoms with van der Waals surface area (Å²) in [7, 11) is -3.40. The second kappa shape index (κ2) is 6.13. The van der Waals surface area contributed by atoms with Gasteiger partial charge in [0.15, 0.2) is 0 Å². The van der Waals surface area contributed by atoms with E-state index in [9.17, 15) is 0 Å². The van der Waals surface area contributed by atoms with E-state index >= 15 is 0 Å². The molecule has 0 aromatic carbocycles. The lowest BCUT2D eigenvalue weighted by molar-refractivity contribution is -2.00. The zero-order chi connectivity index (χ0) is 11.9. The van der Waals surface area contributed by atoms with Gasteiger partial charge in [-0.2, -0.15) is 5.26 Å². The first kappa shape index (κ1) is 13.6. The molecular weight excluding hydrogens is 228 g/mol. The number of rotatable bonds is 1. The van der Waals surface area contributed by atoms with E-state index in [0.29, 0.717) is 5.56 Å². The van der Waals surface area contributed by atoms with Gasteiger partial charge in [-0.3, -0.25) is 4.84 Å². The molecule has 0 unspecified atom stereocenters. The maximum atomic E-state index is 8.49. The Morgan fingerprint density at radius 2 is 1.93 bits per heavy atom. The summed E-state index contributed by atoms with van der Waals surface area (Å²) in [4.78, 5) is 4.82. The molecule has 0 radical (unpaired) electrons. The monoisotopic (exact) mass is 234 g/mol. The first-order chi connectivity index (χ1) is 6.86. The Balaban J connectivity index is 0.000000336.